The second kappa shape index (κ2) is 3.96. The number of aromatic nitrogens is 3. The van der Waals surface area contributed by atoms with Crippen LogP contribution in [-0.2, 0) is 0 Å². The number of ether oxygens (including phenoxy) is 1. The SMILES string of the molecule is COc1ccc(C)cc1-n1nc(C)c(C)n1. The van der Waals surface area contributed by atoms with Crippen LogP contribution in [0.3, 0.4) is 0 Å². The molecule has 0 fully saturated rings. The van der Waals surface area contributed by atoms with E-state index < -0.39 is 0 Å². The van der Waals surface area contributed by atoms with Crippen LogP contribution in [0.4, 0.5) is 0 Å². The first-order valence-electron chi connectivity index (χ1n) is 5.17. The molecule has 4 nitrogen and oxygen atoms in total. The van der Waals surface area contributed by atoms with Crippen LogP contribution < -0.4 is 4.74 Å². The molecule has 0 aliphatic heterocycles. The van der Waals surface area contributed by atoms with Crippen molar-refractivity contribution in [3.63, 3.8) is 0 Å². The van der Waals surface area contributed by atoms with E-state index in [1.54, 1.807) is 11.9 Å². The van der Waals surface area contributed by atoms with Crippen LogP contribution in [0.2, 0.25) is 0 Å². The molecule has 2 rings (SSSR count). The maximum Gasteiger partial charge on any atom is 0.146 e. The van der Waals surface area contributed by atoms with Gasteiger partial charge >= 0.3 is 0 Å². The quantitative estimate of drug-likeness (QED) is 0.774. The van der Waals surface area contributed by atoms with E-state index in [1.807, 2.05) is 39.0 Å². The van der Waals surface area contributed by atoms with Crippen molar-refractivity contribution in [3.05, 3.63) is 35.2 Å². The number of nitrogens with zero attached hydrogens (tertiary/aromatic N) is 3. The van der Waals surface area contributed by atoms with E-state index in [4.69, 9.17) is 4.74 Å². The minimum Gasteiger partial charge on any atom is -0.494 e. The third-order valence-corrected chi connectivity index (χ3v) is 2.56. The second-order valence-corrected chi connectivity index (χ2v) is 3.84. The summed E-state index contributed by atoms with van der Waals surface area (Å²) in [5.41, 5.74) is 3.90. The highest BCUT2D eigenvalue weighted by atomic mass is 16.5. The average molecular weight is 217 g/mol. The molecule has 1 aromatic heterocycles. The zero-order valence-electron chi connectivity index (χ0n) is 9.98. The summed E-state index contributed by atoms with van der Waals surface area (Å²) in [4.78, 5) is 1.62. The summed E-state index contributed by atoms with van der Waals surface area (Å²) >= 11 is 0. The monoisotopic (exact) mass is 217 g/mol. The molecule has 0 saturated heterocycles. The van der Waals surface area contributed by atoms with E-state index in [1.165, 1.54) is 0 Å². The molecule has 0 amide bonds. The fourth-order valence-corrected chi connectivity index (χ4v) is 1.52. The Morgan fingerprint density at radius 3 is 2.25 bits per heavy atom. The molecule has 1 heterocycles. The lowest BCUT2D eigenvalue weighted by Crippen LogP contribution is -2.02. The van der Waals surface area contributed by atoms with E-state index in [2.05, 4.69) is 10.2 Å². The minimum atomic E-state index is 0.778. The van der Waals surface area contributed by atoms with Crippen LogP contribution in [0, 0.1) is 20.8 Å². The van der Waals surface area contributed by atoms with Crippen molar-refractivity contribution in [1.29, 1.82) is 0 Å². The first-order valence-corrected chi connectivity index (χ1v) is 5.17. The van der Waals surface area contributed by atoms with Gasteiger partial charge in [0, 0.05) is 0 Å². The van der Waals surface area contributed by atoms with E-state index in [9.17, 15) is 0 Å². The van der Waals surface area contributed by atoms with Crippen LogP contribution in [0.5, 0.6) is 5.75 Å². The minimum absolute atomic E-state index is 0.778. The van der Waals surface area contributed by atoms with Gasteiger partial charge in [0.1, 0.15) is 11.4 Å². The van der Waals surface area contributed by atoms with Crippen molar-refractivity contribution in [2.24, 2.45) is 0 Å². The van der Waals surface area contributed by atoms with Crippen LogP contribution in [-0.4, -0.2) is 22.1 Å². The molecular formula is C12H15N3O. The van der Waals surface area contributed by atoms with Crippen molar-refractivity contribution in [2.75, 3.05) is 7.11 Å². The van der Waals surface area contributed by atoms with Gasteiger partial charge in [-0.05, 0) is 38.5 Å². The van der Waals surface area contributed by atoms with Gasteiger partial charge in [-0.3, -0.25) is 0 Å². The third-order valence-electron chi connectivity index (χ3n) is 2.56. The molecule has 16 heavy (non-hydrogen) atoms. The smallest absolute Gasteiger partial charge is 0.146 e. The van der Waals surface area contributed by atoms with Crippen molar-refractivity contribution >= 4 is 0 Å². The number of aryl methyl sites for hydroxylation is 3. The molecule has 84 valence electrons. The zero-order chi connectivity index (χ0) is 11.7. The molecule has 0 unspecified atom stereocenters. The maximum absolute atomic E-state index is 5.30. The lowest BCUT2D eigenvalue weighted by atomic mass is 10.2. The zero-order valence-corrected chi connectivity index (χ0v) is 9.98. The Kier molecular flexibility index (Phi) is 2.64. The average Bonchev–Trinajstić information content (AvgIpc) is 2.59. The summed E-state index contributed by atoms with van der Waals surface area (Å²) < 4.78 is 5.30. The fraction of sp³-hybridized carbons (Fsp3) is 0.333. The maximum atomic E-state index is 5.30. The van der Waals surface area contributed by atoms with Crippen molar-refractivity contribution in [3.8, 4) is 11.4 Å². The van der Waals surface area contributed by atoms with E-state index in [0.29, 0.717) is 0 Å². The van der Waals surface area contributed by atoms with Gasteiger partial charge in [-0.25, -0.2) is 0 Å². The van der Waals surface area contributed by atoms with Gasteiger partial charge in [0.15, 0.2) is 0 Å². The highest BCUT2D eigenvalue weighted by Crippen LogP contribution is 2.22. The summed E-state index contributed by atoms with van der Waals surface area (Å²) in [6, 6.07) is 5.95. The Balaban J connectivity index is 2.57. The third kappa shape index (κ3) is 1.78. The van der Waals surface area contributed by atoms with Crippen LogP contribution in [0.25, 0.3) is 5.69 Å². The summed E-state index contributed by atoms with van der Waals surface area (Å²) in [7, 11) is 1.65. The molecule has 0 bridgehead atoms. The Morgan fingerprint density at radius 2 is 1.69 bits per heavy atom. The summed E-state index contributed by atoms with van der Waals surface area (Å²) in [5.74, 6) is 0.778. The van der Waals surface area contributed by atoms with E-state index >= 15 is 0 Å². The van der Waals surface area contributed by atoms with Gasteiger partial charge in [0.05, 0.1) is 18.5 Å². The molecule has 0 radical (unpaired) electrons. The Morgan fingerprint density at radius 1 is 1.06 bits per heavy atom. The standard InChI is InChI=1S/C12H15N3O/c1-8-5-6-12(16-4)11(7-8)15-13-9(2)10(3)14-15/h5-7H,1-4H3. The van der Waals surface area contributed by atoms with Gasteiger partial charge in [-0.15, -0.1) is 4.80 Å². The van der Waals surface area contributed by atoms with E-state index in [0.717, 1.165) is 28.4 Å². The summed E-state index contributed by atoms with van der Waals surface area (Å²) in [5, 5.41) is 8.71. The molecular weight excluding hydrogens is 202 g/mol. The molecule has 1 aromatic carbocycles. The lowest BCUT2D eigenvalue weighted by molar-refractivity contribution is 0.410. The number of rotatable bonds is 2. The van der Waals surface area contributed by atoms with Gasteiger partial charge in [-0.1, -0.05) is 6.07 Å². The van der Waals surface area contributed by atoms with Gasteiger partial charge in [-0.2, -0.15) is 10.2 Å². The first kappa shape index (κ1) is 10.7. The largest absolute Gasteiger partial charge is 0.494 e. The number of benzene rings is 1. The fourth-order valence-electron chi connectivity index (χ4n) is 1.52. The molecule has 0 aliphatic rings. The summed E-state index contributed by atoms with van der Waals surface area (Å²) in [6.45, 7) is 5.92. The van der Waals surface area contributed by atoms with Crippen molar-refractivity contribution in [1.82, 2.24) is 15.0 Å². The lowest BCUT2D eigenvalue weighted by Gasteiger charge is -2.07. The molecule has 0 atom stereocenters. The van der Waals surface area contributed by atoms with Crippen LogP contribution in [0.15, 0.2) is 18.2 Å². The second-order valence-electron chi connectivity index (χ2n) is 3.84. The molecule has 0 saturated carbocycles. The van der Waals surface area contributed by atoms with Crippen molar-refractivity contribution < 1.29 is 4.74 Å². The normalized spacial score (nSPS) is 10.5. The highest BCUT2D eigenvalue weighted by Gasteiger charge is 2.09. The Labute approximate surface area is 94.9 Å². The molecule has 0 spiro atoms. The predicted octanol–water partition coefficient (Wildman–Crippen LogP) is 2.20. The molecule has 2 aromatic rings. The highest BCUT2D eigenvalue weighted by molar-refractivity contribution is 5.47. The van der Waals surface area contributed by atoms with Gasteiger partial charge < -0.3 is 4.74 Å². The van der Waals surface area contributed by atoms with Crippen LogP contribution >= 0.6 is 0 Å². The van der Waals surface area contributed by atoms with Crippen LogP contribution in [0.1, 0.15) is 17.0 Å². The number of hydrogen-bond acceptors (Lipinski definition) is 3. The molecule has 0 N–H and O–H groups in total. The van der Waals surface area contributed by atoms with Gasteiger partial charge in [0.2, 0.25) is 0 Å². The number of methoxy groups -OCH3 is 1. The van der Waals surface area contributed by atoms with Crippen molar-refractivity contribution in [2.45, 2.75) is 20.8 Å². The van der Waals surface area contributed by atoms with Gasteiger partial charge in [0.25, 0.3) is 0 Å². The molecule has 0 aliphatic carbocycles. The predicted molar refractivity (Wildman–Crippen MR) is 62.1 cm³/mol. The first-order chi connectivity index (χ1) is 7.61. The number of hydrogen-bond donors (Lipinski definition) is 0. The topological polar surface area (TPSA) is 39.9 Å². The molecule has 4 heteroatoms. The Hall–Kier alpha value is -1.84. The van der Waals surface area contributed by atoms with E-state index in [-0.39, 0.29) is 0 Å². The summed E-state index contributed by atoms with van der Waals surface area (Å²) in [6.07, 6.45) is 0. The Bertz CT molecular complexity index is 497.